The van der Waals surface area contributed by atoms with Crippen LogP contribution in [-0.2, 0) is 20.9 Å². The number of hydrogen-bond acceptors (Lipinski definition) is 4. The van der Waals surface area contributed by atoms with Gasteiger partial charge in [-0.3, -0.25) is 9.59 Å². The molecule has 0 saturated carbocycles. The minimum absolute atomic E-state index is 0.0914. The summed E-state index contributed by atoms with van der Waals surface area (Å²) in [5, 5.41) is 12.4. The maximum Gasteiger partial charge on any atom is 0.311 e. The molecule has 5 heteroatoms. The number of carbonyl (C=O) groups is 2. The van der Waals surface area contributed by atoms with Gasteiger partial charge in [0.25, 0.3) is 0 Å². The van der Waals surface area contributed by atoms with E-state index >= 15 is 0 Å². The molecular weight excluding hydrogens is 246 g/mol. The third-order valence-corrected chi connectivity index (χ3v) is 3.34. The van der Waals surface area contributed by atoms with Crippen molar-refractivity contribution >= 4 is 11.9 Å². The highest BCUT2D eigenvalue weighted by Crippen LogP contribution is 2.23. The Kier molecular flexibility index (Phi) is 4.16. The zero-order valence-electron chi connectivity index (χ0n) is 10.7. The Morgan fingerprint density at radius 1 is 1.42 bits per heavy atom. The molecule has 102 valence electrons. The van der Waals surface area contributed by atoms with Crippen LogP contribution in [0.15, 0.2) is 30.3 Å². The molecule has 0 aromatic heterocycles. The van der Waals surface area contributed by atoms with Gasteiger partial charge in [-0.2, -0.15) is 0 Å². The molecule has 1 aromatic carbocycles. The molecule has 0 unspecified atom stereocenters. The molecule has 2 N–H and O–H groups in total. The zero-order chi connectivity index (χ0) is 13.8. The molecular formula is C14H17NO4. The van der Waals surface area contributed by atoms with E-state index in [1.807, 2.05) is 30.3 Å². The van der Waals surface area contributed by atoms with Crippen LogP contribution in [-0.4, -0.2) is 29.2 Å². The monoisotopic (exact) mass is 263 g/mol. The lowest BCUT2D eigenvalue weighted by Crippen LogP contribution is -2.51. The number of aliphatic carboxylic acids is 1. The molecule has 1 saturated heterocycles. The number of carboxylic acids is 1. The Hall–Kier alpha value is -1.88. The van der Waals surface area contributed by atoms with E-state index < -0.39 is 24.0 Å². The minimum atomic E-state index is -0.939. The number of ether oxygens (including phenoxy) is 1. The van der Waals surface area contributed by atoms with Crippen LogP contribution >= 0.6 is 0 Å². The normalized spacial score (nSPS) is 26.8. The molecule has 0 bridgehead atoms. The highest BCUT2D eigenvalue weighted by Gasteiger charge is 2.40. The maximum absolute atomic E-state index is 11.4. The Labute approximate surface area is 111 Å². The Morgan fingerprint density at radius 2 is 2.11 bits per heavy atom. The van der Waals surface area contributed by atoms with Crippen molar-refractivity contribution < 1.29 is 19.4 Å². The average molecular weight is 263 g/mol. The molecule has 0 aliphatic carbocycles. The van der Waals surface area contributed by atoms with Crippen LogP contribution < -0.4 is 5.32 Å². The highest BCUT2D eigenvalue weighted by atomic mass is 16.5. The average Bonchev–Trinajstić information content (AvgIpc) is 2.36. The van der Waals surface area contributed by atoms with Crippen LogP contribution in [0.2, 0.25) is 0 Å². The van der Waals surface area contributed by atoms with Crippen molar-refractivity contribution in [1.29, 1.82) is 0 Å². The van der Waals surface area contributed by atoms with Crippen LogP contribution in [0.25, 0.3) is 0 Å². The van der Waals surface area contributed by atoms with Gasteiger partial charge < -0.3 is 15.2 Å². The quantitative estimate of drug-likeness (QED) is 0.798. The number of benzene rings is 1. The lowest BCUT2D eigenvalue weighted by Gasteiger charge is -2.33. The van der Waals surface area contributed by atoms with Gasteiger partial charge in [0.15, 0.2) is 0 Å². The van der Waals surface area contributed by atoms with Gasteiger partial charge in [0.05, 0.1) is 6.42 Å². The summed E-state index contributed by atoms with van der Waals surface area (Å²) in [4.78, 5) is 22.7. The standard InChI is InChI=1S/C14H17NO4/c1-9-13(14(17)18)11(7-12(16)19-9)15-8-10-5-3-2-4-6-10/h2-6,9,11,13,15H,7-8H2,1H3,(H,17,18)/t9-,11-,13-/m1/s1. The van der Waals surface area contributed by atoms with Crippen LogP contribution in [0.3, 0.4) is 0 Å². The lowest BCUT2D eigenvalue weighted by molar-refractivity contribution is -0.167. The summed E-state index contributed by atoms with van der Waals surface area (Å²) in [5.41, 5.74) is 1.05. The number of carbonyl (C=O) groups excluding carboxylic acids is 1. The first-order valence-electron chi connectivity index (χ1n) is 6.27. The molecule has 0 radical (unpaired) electrons. The van der Waals surface area contributed by atoms with Crippen molar-refractivity contribution in [2.45, 2.75) is 32.0 Å². The van der Waals surface area contributed by atoms with E-state index in [4.69, 9.17) is 4.74 Å². The first-order valence-corrected chi connectivity index (χ1v) is 6.27. The predicted molar refractivity (Wildman–Crippen MR) is 68.4 cm³/mol. The fourth-order valence-corrected chi connectivity index (χ4v) is 2.38. The summed E-state index contributed by atoms with van der Waals surface area (Å²) in [5.74, 6) is -2.00. The van der Waals surface area contributed by atoms with Crippen molar-refractivity contribution in [3.8, 4) is 0 Å². The predicted octanol–water partition coefficient (Wildman–Crippen LogP) is 1.18. The lowest BCUT2D eigenvalue weighted by atomic mass is 9.89. The van der Waals surface area contributed by atoms with E-state index in [2.05, 4.69) is 5.32 Å². The summed E-state index contributed by atoms with van der Waals surface area (Å²) in [6.07, 6.45) is -0.513. The second kappa shape index (κ2) is 5.84. The SMILES string of the molecule is C[C@H]1OC(=O)C[C@@H](NCc2ccccc2)[C@@H]1C(=O)O. The van der Waals surface area contributed by atoms with E-state index in [9.17, 15) is 14.7 Å². The molecule has 2 rings (SSSR count). The molecule has 1 aromatic rings. The molecule has 5 nitrogen and oxygen atoms in total. The molecule has 1 heterocycles. The van der Waals surface area contributed by atoms with Crippen LogP contribution in [0.1, 0.15) is 18.9 Å². The second-order valence-electron chi connectivity index (χ2n) is 4.74. The maximum atomic E-state index is 11.4. The van der Waals surface area contributed by atoms with Crippen molar-refractivity contribution in [2.24, 2.45) is 5.92 Å². The molecule has 1 aliphatic rings. The topological polar surface area (TPSA) is 75.6 Å². The van der Waals surface area contributed by atoms with Gasteiger partial charge in [-0.05, 0) is 12.5 Å². The smallest absolute Gasteiger partial charge is 0.311 e. The van der Waals surface area contributed by atoms with Crippen molar-refractivity contribution in [2.75, 3.05) is 0 Å². The van der Waals surface area contributed by atoms with Gasteiger partial charge in [-0.1, -0.05) is 30.3 Å². The van der Waals surface area contributed by atoms with Crippen molar-refractivity contribution in [1.82, 2.24) is 5.32 Å². The fourth-order valence-electron chi connectivity index (χ4n) is 2.38. The third-order valence-electron chi connectivity index (χ3n) is 3.34. The number of hydrogen-bond donors (Lipinski definition) is 2. The third kappa shape index (κ3) is 3.32. The number of nitrogens with one attached hydrogen (secondary N) is 1. The number of esters is 1. The van der Waals surface area contributed by atoms with Crippen LogP contribution in [0.4, 0.5) is 0 Å². The second-order valence-corrected chi connectivity index (χ2v) is 4.74. The Bertz CT molecular complexity index is 460. The van der Waals surface area contributed by atoms with E-state index in [1.165, 1.54) is 0 Å². The Morgan fingerprint density at radius 3 is 2.74 bits per heavy atom. The van der Waals surface area contributed by atoms with Crippen molar-refractivity contribution in [3.05, 3.63) is 35.9 Å². The minimum Gasteiger partial charge on any atom is -0.481 e. The van der Waals surface area contributed by atoms with Gasteiger partial charge in [0.1, 0.15) is 12.0 Å². The van der Waals surface area contributed by atoms with Gasteiger partial charge in [-0.15, -0.1) is 0 Å². The molecule has 0 amide bonds. The first-order chi connectivity index (χ1) is 9.08. The molecule has 1 fully saturated rings. The molecule has 0 spiro atoms. The Balaban J connectivity index is 2.03. The molecule has 1 aliphatic heterocycles. The van der Waals surface area contributed by atoms with E-state index in [-0.39, 0.29) is 12.4 Å². The first kappa shape index (κ1) is 13.5. The highest BCUT2D eigenvalue weighted by molar-refractivity contribution is 5.78. The van der Waals surface area contributed by atoms with Crippen LogP contribution in [0, 0.1) is 5.92 Å². The summed E-state index contributed by atoms with van der Waals surface area (Å²) >= 11 is 0. The summed E-state index contributed by atoms with van der Waals surface area (Å²) < 4.78 is 4.98. The van der Waals surface area contributed by atoms with Gasteiger partial charge in [0, 0.05) is 12.6 Å². The van der Waals surface area contributed by atoms with Crippen LogP contribution in [0.5, 0.6) is 0 Å². The largest absolute Gasteiger partial charge is 0.481 e. The van der Waals surface area contributed by atoms with Gasteiger partial charge in [-0.25, -0.2) is 0 Å². The summed E-state index contributed by atoms with van der Waals surface area (Å²) in [6, 6.07) is 9.27. The van der Waals surface area contributed by atoms with Crippen molar-refractivity contribution in [3.63, 3.8) is 0 Å². The summed E-state index contributed by atoms with van der Waals surface area (Å²) in [7, 11) is 0. The summed E-state index contributed by atoms with van der Waals surface area (Å²) in [6.45, 7) is 2.16. The number of carboxylic acid groups (broad SMARTS) is 1. The van der Waals surface area contributed by atoms with Gasteiger partial charge in [0.2, 0.25) is 0 Å². The molecule has 19 heavy (non-hydrogen) atoms. The fraction of sp³-hybridized carbons (Fsp3) is 0.429. The number of cyclic esters (lactones) is 1. The van der Waals surface area contributed by atoms with Gasteiger partial charge >= 0.3 is 11.9 Å². The van der Waals surface area contributed by atoms with E-state index in [0.717, 1.165) is 5.56 Å². The van der Waals surface area contributed by atoms with E-state index in [1.54, 1.807) is 6.92 Å². The molecule has 3 atom stereocenters. The zero-order valence-corrected chi connectivity index (χ0v) is 10.7. The van der Waals surface area contributed by atoms with E-state index in [0.29, 0.717) is 6.54 Å². The number of rotatable bonds is 4.